The highest BCUT2D eigenvalue weighted by molar-refractivity contribution is 5.50. The van der Waals surface area contributed by atoms with E-state index in [0.717, 1.165) is 13.0 Å². The standard InChI is InChI=1S/C24H27N/c1-20(2)25-19-18-24(21-12-6-3-7-13-21,22-14-8-4-9-15-22)23-16-10-5-11-17-23/h3-17,20,25H,18-19H2,1-2H3. The van der Waals surface area contributed by atoms with Crippen molar-refractivity contribution >= 4 is 0 Å². The third-order valence-electron chi connectivity index (χ3n) is 4.85. The quantitative estimate of drug-likeness (QED) is 0.572. The van der Waals surface area contributed by atoms with Crippen molar-refractivity contribution in [1.82, 2.24) is 5.32 Å². The first-order valence-corrected chi connectivity index (χ1v) is 9.13. The van der Waals surface area contributed by atoms with Crippen LogP contribution in [0.15, 0.2) is 91.0 Å². The van der Waals surface area contributed by atoms with Crippen molar-refractivity contribution in [3.8, 4) is 0 Å². The molecule has 0 saturated carbocycles. The van der Waals surface area contributed by atoms with Gasteiger partial charge in [0.25, 0.3) is 0 Å². The molecule has 0 spiro atoms. The second kappa shape index (κ2) is 8.13. The summed E-state index contributed by atoms with van der Waals surface area (Å²) >= 11 is 0. The van der Waals surface area contributed by atoms with Gasteiger partial charge >= 0.3 is 0 Å². The van der Waals surface area contributed by atoms with E-state index in [1.165, 1.54) is 16.7 Å². The van der Waals surface area contributed by atoms with Crippen molar-refractivity contribution in [3.63, 3.8) is 0 Å². The van der Waals surface area contributed by atoms with E-state index < -0.39 is 0 Å². The first-order valence-electron chi connectivity index (χ1n) is 9.13. The van der Waals surface area contributed by atoms with Crippen LogP contribution in [0.3, 0.4) is 0 Å². The summed E-state index contributed by atoms with van der Waals surface area (Å²) in [5.74, 6) is 0. The molecule has 0 aliphatic rings. The lowest BCUT2D eigenvalue weighted by atomic mass is 9.67. The molecule has 3 aromatic carbocycles. The summed E-state index contributed by atoms with van der Waals surface area (Å²) in [6.45, 7) is 5.38. The molecule has 0 heterocycles. The fourth-order valence-electron chi connectivity index (χ4n) is 3.65. The molecule has 0 fully saturated rings. The molecule has 1 N–H and O–H groups in total. The first kappa shape index (κ1) is 17.4. The third-order valence-corrected chi connectivity index (χ3v) is 4.85. The Hall–Kier alpha value is -2.38. The predicted molar refractivity (Wildman–Crippen MR) is 107 cm³/mol. The molecule has 0 bridgehead atoms. The van der Waals surface area contributed by atoms with Gasteiger partial charge in [-0.1, -0.05) is 105 Å². The van der Waals surface area contributed by atoms with E-state index in [2.05, 4.69) is 110 Å². The molecule has 0 unspecified atom stereocenters. The Balaban J connectivity index is 2.16. The Labute approximate surface area is 151 Å². The minimum Gasteiger partial charge on any atom is -0.314 e. The van der Waals surface area contributed by atoms with Crippen molar-refractivity contribution in [2.45, 2.75) is 31.7 Å². The van der Waals surface area contributed by atoms with Crippen LogP contribution in [-0.2, 0) is 5.41 Å². The number of hydrogen-bond acceptors (Lipinski definition) is 1. The molecule has 0 amide bonds. The van der Waals surface area contributed by atoms with E-state index in [9.17, 15) is 0 Å². The average Bonchev–Trinajstić information content (AvgIpc) is 2.67. The van der Waals surface area contributed by atoms with Crippen LogP contribution in [-0.4, -0.2) is 12.6 Å². The monoisotopic (exact) mass is 329 g/mol. The second-order valence-electron chi connectivity index (χ2n) is 6.86. The van der Waals surface area contributed by atoms with Crippen LogP contribution in [0.25, 0.3) is 0 Å². The topological polar surface area (TPSA) is 12.0 Å². The number of nitrogens with one attached hydrogen (secondary N) is 1. The average molecular weight is 329 g/mol. The van der Waals surface area contributed by atoms with Gasteiger partial charge in [-0.3, -0.25) is 0 Å². The molecule has 0 radical (unpaired) electrons. The zero-order valence-electron chi connectivity index (χ0n) is 15.2. The summed E-state index contributed by atoms with van der Waals surface area (Å²) in [5.41, 5.74) is 3.89. The molecule has 128 valence electrons. The van der Waals surface area contributed by atoms with E-state index in [0.29, 0.717) is 6.04 Å². The molecule has 1 nitrogen and oxygen atoms in total. The zero-order valence-corrected chi connectivity index (χ0v) is 15.2. The molecule has 0 atom stereocenters. The van der Waals surface area contributed by atoms with E-state index in [1.807, 2.05) is 0 Å². The zero-order chi connectivity index (χ0) is 17.5. The summed E-state index contributed by atoms with van der Waals surface area (Å²) in [4.78, 5) is 0. The van der Waals surface area contributed by atoms with Gasteiger partial charge in [-0.15, -0.1) is 0 Å². The highest BCUT2D eigenvalue weighted by atomic mass is 14.9. The Bertz CT molecular complexity index is 651. The van der Waals surface area contributed by atoms with Gasteiger partial charge in [-0.25, -0.2) is 0 Å². The molecule has 3 aromatic rings. The Morgan fingerprint density at radius 2 is 1.00 bits per heavy atom. The Morgan fingerprint density at radius 3 is 1.32 bits per heavy atom. The van der Waals surface area contributed by atoms with Crippen molar-refractivity contribution in [3.05, 3.63) is 108 Å². The van der Waals surface area contributed by atoms with Crippen molar-refractivity contribution in [2.75, 3.05) is 6.54 Å². The summed E-state index contributed by atoms with van der Waals surface area (Å²) in [6, 6.07) is 33.2. The fourth-order valence-corrected chi connectivity index (χ4v) is 3.65. The molecule has 0 saturated heterocycles. The predicted octanol–water partition coefficient (Wildman–Crippen LogP) is 5.41. The molecule has 25 heavy (non-hydrogen) atoms. The summed E-state index contributed by atoms with van der Waals surface area (Å²) in [6.07, 6.45) is 1.02. The van der Waals surface area contributed by atoms with Crippen LogP contribution in [0.1, 0.15) is 37.0 Å². The molecule has 0 aliphatic heterocycles. The maximum atomic E-state index is 3.61. The van der Waals surface area contributed by atoms with Gasteiger partial charge in [-0.05, 0) is 29.7 Å². The maximum absolute atomic E-state index is 3.61. The minimum atomic E-state index is -0.147. The highest BCUT2D eigenvalue weighted by Crippen LogP contribution is 2.41. The maximum Gasteiger partial charge on any atom is 0.0463 e. The van der Waals surface area contributed by atoms with Gasteiger partial charge in [0.05, 0.1) is 0 Å². The van der Waals surface area contributed by atoms with Crippen LogP contribution in [0.4, 0.5) is 0 Å². The van der Waals surface area contributed by atoms with Gasteiger partial charge < -0.3 is 5.32 Å². The summed E-state index contributed by atoms with van der Waals surface area (Å²) < 4.78 is 0. The van der Waals surface area contributed by atoms with Crippen LogP contribution >= 0.6 is 0 Å². The number of hydrogen-bond donors (Lipinski definition) is 1. The van der Waals surface area contributed by atoms with Gasteiger partial charge in [-0.2, -0.15) is 0 Å². The molecular weight excluding hydrogens is 302 g/mol. The molecule has 3 rings (SSSR count). The van der Waals surface area contributed by atoms with Crippen LogP contribution in [0.5, 0.6) is 0 Å². The molecular formula is C24H27N. The highest BCUT2D eigenvalue weighted by Gasteiger charge is 2.35. The first-order chi connectivity index (χ1) is 12.2. The van der Waals surface area contributed by atoms with Gasteiger partial charge in [0.1, 0.15) is 0 Å². The van der Waals surface area contributed by atoms with Gasteiger partial charge in [0, 0.05) is 11.5 Å². The van der Waals surface area contributed by atoms with Crippen LogP contribution in [0, 0.1) is 0 Å². The van der Waals surface area contributed by atoms with E-state index in [4.69, 9.17) is 0 Å². The van der Waals surface area contributed by atoms with Crippen LogP contribution < -0.4 is 5.32 Å². The largest absolute Gasteiger partial charge is 0.314 e. The number of benzene rings is 3. The molecule has 0 aliphatic carbocycles. The van der Waals surface area contributed by atoms with E-state index in [-0.39, 0.29) is 5.41 Å². The second-order valence-corrected chi connectivity index (χ2v) is 6.86. The fraction of sp³-hybridized carbons (Fsp3) is 0.250. The molecule has 1 heteroatoms. The Morgan fingerprint density at radius 1 is 0.640 bits per heavy atom. The Kier molecular flexibility index (Phi) is 5.67. The number of rotatable bonds is 7. The minimum absolute atomic E-state index is 0.147. The lowest BCUT2D eigenvalue weighted by Gasteiger charge is -2.36. The van der Waals surface area contributed by atoms with Crippen molar-refractivity contribution in [1.29, 1.82) is 0 Å². The SMILES string of the molecule is CC(C)NCCC(c1ccccc1)(c1ccccc1)c1ccccc1. The summed E-state index contributed by atoms with van der Waals surface area (Å²) in [7, 11) is 0. The van der Waals surface area contributed by atoms with E-state index in [1.54, 1.807) is 0 Å². The lowest BCUT2D eigenvalue weighted by Crippen LogP contribution is -2.35. The molecule has 0 aromatic heterocycles. The third kappa shape index (κ3) is 3.83. The van der Waals surface area contributed by atoms with Gasteiger partial charge in [0.15, 0.2) is 0 Å². The normalized spacial score (nSPS) is 11.6. The summed E-state index contributed by atoms with van der Waals surface area (Å²) in [5, 5.41) is 3.61. The smallest absolute Gasteiger partial charge is 0.0463 e. The van der Waals surface area contributed by atoms with Crippen molar-refractivity contribution in [2.24, 2.45) is 0 Å². The van der Waals surface area contributed by atoms with E-state index >= 15 is 0 Å². The van der Waals surface area contributed by atoms with Crippen molar-refractivity contribution < 1.29 is 0 Å². The van der Waals surface area contributed by atoms with Gasteiger partial charge in [0.2, 0.25) is 0 Å². The lowest BCUT2D eigenvalue weighted by molar-refractivity contribution is 0.491. The van der Waals surface area contributed by atoms with Crippen LogP contribution in [0.2, 0.25) is 0 Å².